The molecule has 0 saturated carbocycles. The van der Waals surface area contributed by atoms with Crippen molar-refractivity contribution in [2.45, 2.75) is 32.4 Å². The van der Waals surface area contributed by atoms with E-state index in [2.05, 4.69) is 65.8 Å². The number of pyridine rings is 1. The number of nitrogens with zero attached hydrogens (tertiary/aromatic N) is 2. The Morgan fingerprint density at radius 2 is 1.85 bits per heavy atom. The standard InChI is InChI=1S/C23H23N3O/c1-17-9-11-18(12-10-17)16-26(23(27)25-22-8-4-5-15-24-22)21-14-13-19-6-2-3-7-20(19)21/h2-12,15,21H,13-14,16H2,1H3,(H,24,25,27)/t21-/m0/s1. The first kappa shape index (κ1) is 17.3. The Morgan fingerprint density at radius 3 is 2.63 bits per heavy atom. The zero-order valence-corrected chi connectivity index (χ0v) is 15.4. The number of anilines is 1. The van der Waals surface area contributed by atoms with Gasteiger partial charge < -0.3 is 4.90 Å². The highest BCUT2D eigenvalue weighted by Crippen LogP contribution is 2.36. The third kappa shape index (κ3) is 3.85. The first-order valence-corrected chi connectivity index (χ1v) is 9.33. The van der Waals surface area contributed by atoms with E-state index in [0.29, 0.717) is 12.4 Å². The molecule has 136 valence electrons. The molecule has 4 nitrogen and oxygen atoms in total. The maximum absolute atomic E-state index is 13.2. The van der Waals surface area contributed by atoms with E-state index in [1.807, 2.05) is 23.1 Å². The van der Waals surface area contributed by atoms with Crippen molar-refractivity contribution in [2.75, 3.05) is 5.32 Å². The Kier molecular flexibility index (Phi) is 4.88. The third-order valence-corrected chi connectivity index (χ3v) is 5.11. The molecule has 4 heteroatoms. The molecule has 2 amide bonds. The largest absolute Gasteiger partial charge is 0.323 e. The summed E-state index contributed by atoms with van der Waals surface area (Å²) in [6.07, 6.45) is 3.63. The van der Waals surface area contributed by atoms with Crippen LogP contribution in [0.25, 0.3) is 0 Å². The summed E-state index contributed by atoms with van der Waals surface area (Å²) in [5.41, 5.74) is 4.93. The highest BCUT2D eigenvalue weighted by Gasteiger charge is 2.31. The number of hydrogen-bond donors (Lipinski definition) is 1. The van der Waals surface area contributed by atoms with E-state index in [0.717, 1.165) is 18.4 Å². The fraction of sp³-hybridized carbons (Fsp3) is 0.217. The number of carbonyl (C=O) groups excluding carboxylic acids is 1. The van der Waals surface area contributed by atoms with Crippen LogP contribution in [0.4, 0.5) is 10.6 Å². The second-order valence-corrected chi connectivity index (χ2v) is 7.01. The molecular formula is C23H23N3O. The van der Waals surface area contributed by atoms with Gasteiger partial charge in [-0.2, -0.15) is 0 Å². The second-order valence-electron chi connectivity index (χ2n) is 7.01. The van der Waals surface area contributed by atoms with Gasteiger partial charge in [-0.05, 0) is 48.6 Å². The summed E-state index contributed by atoms with van der Waals surface area (Å²) in [7, 11) is 0. The van der Waals surface area contributed by atoms with Crippen LogP contribution in [-0.4, -0.2) is 15.9 Å². The van der Waals surface area contributed by atoms with E-state index in [1.165, 1.54) is 16.7 Å². The minimum Gasteiger partial charge on any atom is -0.313 e. The molecule has 1 heterocycles. The number of hydrogen-bond acceptors (Lipinski definition) is 2. The monoisotopic (exact) mass is 357 g/mol. The number of rotatable bonds is 4. The lowest BCUT2D eigenvalue weighted by Crippen LogP contribution is -2.37. The lowest BCUT2D eigenvalue weighted by atomic mass is 10.1. The number of nitrogens with one attached hydrogen (secondary N) is 1. The maximum Gasteiger partial charge on any atom is 0.323 e. The predicted octanol–water partition coefficient (Wildman–Crippen LogP) is 5.11. The van der Waals surface area contributed by atoms with Crippen LogP contribution in [0, 0.1) is 6.92 Å². The predicted molar refractivity (Wildman–Crippen MR) is 107 cm³/mol. The van der Waals surface area contributed by atoms with Crippen molar-refractivity contribution in [3.63, 3.8) is 0 Å². The second kappa shape index (κ2) is 7.62. The molecule has 1 N–H and O–H groups in total. The van der Waals surface area contributed by atoms with Crippen LogP contribution in [-0.2, 0) is 13.0 Å². The summed E-state index contributed by atoms with van der Waals surface area (Å²) in [4.78, 5) is 19.3. The average molecular weight is 357 g/mol. The van der Waals surface area contributed by atoms with Crippen molar-refractivity contribution in [3.8, 4) is 0 Å². The molecule has 0 spiro atoms. The molecule has 0 radical (unpaired) electrons. The summed E-state index contributed by atoms with van der Waals surface area (Å²) in [6, 6.07) is 22.3. The van der Waals surface area contributed by atoms with Gasteiger partial charge in [-0.3, -0.25) is 5.32 Å². The van der Waals surface area contributed by atoms with Gasteiger partial charge in [-0.15, -0.1) is 0 Å². The van der Waals surface area contributed by atoms with E-state index >= 15 is 0 Å². The lowest BCUT2D eigenvalue weighted by molar-refractivity contribution is 0.183. The number of urea groups is 1. The van der Waals surface area contributed by atoms with E-state index in [9.17, 15) is 4.79 Å². The SMILES string of the molecule is Cc1ccc(CN(C(=O)Nc2ccccn2)[C@H]2CCc3ccccc32)cc1. The third-order valence-electron chi connectivity index (χ3n) is 5.11. The van der Waals surface area contributed by atoms with E-state index < -0.39 is 0 Å². The first-order valence-electron chi connectivity index (χ1n) is 9.33. The fourth-order valence-corrected chi connectivity index (χ4v) is 3.69. The molecule has 4 rings (SSSR count). The molecule has 0 saturated heterocycles. The topological polar surface area (TPSA) is 45.2 Å². The molecule has 2 aromatic carbocycles. The van der Waals surface area contributed by atoms with Crippen LogP contribution in [0.5, 0.6) is 0 Å². The van der Waals surface area contributed by atoms with Crippen molar-refractivity contribution < 1.29 is 4.79 Å². The molecular weight excluding hydrogens is 334 g/mol. The van der Waals surface area contributed by atoms with Gasteiger partial charge in [0.05, 0.1) is 6.04 Å². The van der Waals surface area contributed by atoms with Crippen LogP contribution in [0.1, 0.15) is 34.7 Å². The molecule has 27 heavy (non-hydrogen) atoms. The molecule has 0 bridgehead atoms. The highest BCUT2D eigenvalue weighted by molar-refractivity contribution is 5.88. The number of fused-ring (bicyclic) bond motifs is 1. The van der Waals surface area contributed by atoms with Crippen LogP contribution in [0.2, 0.25) is 0 Å². The van der Waals surface area contributed by atoms with Crippen molar-refractivity contribution in [1.82, 2.24) is 9.88 Å². The van der Waals surface area contributed by atoms with Crippen LogP contribution < -0.4 is 5.32 Å². The highest BCUT2D eigenvalue weighted by atomic mass is 16.2. The zero-order valence-electron chi connectivity index (χ0n) is 15.4. The molecule has 0 aliphatic heterocycles. The van der Waals surface area contributed by atoms with Gasteiger partial charge in [0.2, 0.25) is 0 Å². The minimum absolute atomic E-state index is 0.0752. The van der Waals surface area contributed by atoms with Gasteiger partial charge >= 0.3 is 6.03 Å². The fourth-order valence-electron chi connectivity index (χ4n) is 3.69. The molecule has 1 aliphatic rings. The maximum atomic E-state index is 13.2. The number of benzene rings is 2. The number of amides is 2. The number of aromatic nitrogens is 1. The van der Waals surface area contributed by atoms with Crippen LogP contribution in [0.3, 0.4) is 0 Å². The molecule has 0 unspecified atom stereocenters. The van der Waals surface area contributed by atoms with Gasteiger partial charge in [0.25, 0.3) is 0 Å². The summed E-state index contributed by atoms with van der Waals surface area (Å²) in [5, 5.41) is 2.96. The molecule has 1 atom stereocenters. The van der Waals surface area contributed by atoms with Crippen molar-refractivity contribution >= 4 is 11.8 Å². The van der Waals surface area contributed by atoms with Gasteiger partial charge in [0, 0.05) is 12.7 Å². The van der Waals surface area contributed by atoms with Crippen molar-refractivity contribution in [2.24, 2.45) is 0 Å². The zero-order chi connectivity index (χ0) is 18.6. The Hall–Kier alpha value is -3.14. The Bertz CT molecular complexity index is 922. The van der Waals surface area contributed by atoms with Crippen LogP contribution >= 0.6 is 0 Å². The van der Waals surface area contributed by atoms with Crippen molar-refractivity contribution in [1.29, 1.82) is 0 Å². The van der Waals surface area contributed by atoms with E-state index in [4.69, 9.17) is 0 Å². The summed E-state index contributed by atoms with van der Waals surface area (Å²) < 4.78 is 0. The molecule has 1 aromatic heterocycles. The summed E-state index contributed by atoms with van der Waals surface area (Å²) >= 11 is 0. The van der Waals surface area contributed by atoms with Gasteiger partial charge in [-0.25, -0.2) is 9.78 Å². The smallest absolute Gasteiger partial charge is 0.313 e. The summed E-state index contributed by atoms with van der Waals surface area (Å²) in [5.74, 6) is 0.572. The Morgan fingerprint density at radius 1 is 1.07 bits per heavy atom. The van der Waals surface area contributed by atoms with Gasteiger partial charge in [0.15, 0.2) is 0 Å². The van der Waals surface area contributed by atoms with Gasteiger partial charge in [0.1, 0.15) is 5.82 Å². The average Bonchev–Trinajstić information content (AvgIpc) is 3.12. The number of carbonyl (C=O) groups is 1. The Labute approximate surface area is 159 Å². The number of aryl methyl sites for hydroxylation is 2. The minimum atomic E-state index is -0.115. The van der Waals surface area contributed by atoms with Gasteiger partial charge in [-0.1, -0.05) is 60.2 Å². The Balaban J connectivity index is 1.62. The normalized spacial score (nSPS) is 15.2. The van der Waals surface area contributed by atoms with Crippen LogP contribution in [0.15, 0.2) is 72.9 Å². The molecule has 1 aliphatic carbocycles. The lowest BCUT2D eigenvalue weighted by Gasteiger charge is -2.30. The summed E-state index contributed by atoms with van der Waals surface area (Å²) in [6.45, 7) is 2.64. The van der Waals surface area contributed by atoms with Crippen molar-refractivity contribution in [3.05, 3.63) is 95.2 Å². The van der Waals surface area contributed by atoms with E-state index in [-0.39, 0.29) is 12.1 Å². The van der Waals surface area contributed by atoms with E-state index in [1.54, 1.807) is 6.20 Å². The molecule has 0 fully saturated rings. The first-order chi connectivity index (χ1) is 13.2. The quantitative estimate of drug-likeness (QED) is 0.705. The molecule has 3 aromatic rings.